The van der Waals surface area contributed by atoms with Crippen molar-refractivity contribution in [3.63, 3.8) is 0 Å². The largest absolute Gasteiger partial charge is 0.478 e. The average molecular weight is 302 g/mol. The number of hydrogen-bond donors (Lipinski definition) is 1. The molecule has 3 saturated carbocycles. The molecule has 0 heterocycles. The normalized spacial score (nSPS) is 44.2. The third-order valence-electron chi connectivity index (χ3n) is 7.32. The molecule has 122 valence electrons. The molecule has 0 bridgehead atoms. The lowest BCUT2D eigenvalue weighted by Gasteiger charge is -2.54. The minimum absolute atomic E-state index is 0.389. The lowest BCUT2D eigenvalue weighted by molar-refractivity contribution is -0.131. The Morgan fingerprint density at radius 3 is 2.77 bits per heavy atom. The van der Waals surface area contributed by atoms with E-state index in [0.717, 1.165) is 30.3 Å². The smallest absolute Gasteiger partial charge is 0.328 e. The molecule has 5 atom stereocenters. The van der Waals surface area contributed by atoms with Gasteiger partial charge in [0.2, 0.25) is 0 Å². The molecule has 3 fully saturated rings. The fourth-order valence-corrected chi connectivity index (χ4v) is 5.98. The second kappa shape index (κ2) is 5.25. The van der Waals surface area contributed by atoms with Crippen LogP contribution in [0.3, 0.4) is 0 Å². The van der Waals surface area contributed by atoms with Crippen molar-refractivity contribution in [2.24, 2.45) is 28.6 Å². The highest BCUT2D eigenvalue weighted by atomic mass is 16.4. The van der Waals surface area contributed by atoms with Gasteiger partial charge in [-0.25, -0.2) is 4.79 Å². The summed E-state index contributed by atoms with van der Waals surface area (Å²) in [5.41, 5.74) is 3.39. The van der Waals surface area contributed by atoms with Crippen molar-refractivity contribution in [2.45, 2.75) is 65.7 Å². The van der Waals surface area contributed by atoms with Crippen LogP contribution in [0.15, 0.2) is 23.8 Å². The molecule has 0 aliphatic heterocycles. The quantitative estimate of drug-likeness (QED) is 0.572. The van der Waals surface area contributed by atoms with Crippen LogP contribution in [-0.2, 0) is 4.79 Å². The number of rotatable bonds is 4. The summed E-state index contributed by atoms with van der Waals surface area (Å²) in [6.07, 6.45) is 9.98. The summed E-state index contributed by atoms with van der Waals surface area (Å²) < 4.78 is 0. The number of carbonyl (C=O) groups is 1. The minimum Gasteiger partial charge on any atom is -0.478 e. The van der Waals surface area contributed by atoms with Crippen molar-refractivity contribution in [1.29, 1.82) is 0 Å². The van der Waals surface area contributed by atoms with Crippen LogP contribution in [0.5, 0.6) is 0 Å². The zero-order chi connectivity index (χ0) is 16.1. The van der Waals surface area contributed by atoms with Crippen molar-refractivity contribution in [3.05, 3.63) is 23.8 Å². The zero-order valence-corrected chi connectivity index (χ0v) is 14.3. The van der Waals surface area contributed by atoms with E-state index in [1.165, 1.54) is 43.8 Å². The van der Waals surface area contributed by atoms with Crippen molar-refractivity contribution >= 4 is 5.97 Å². The van der Waals surface area contributed by atoms with Gasteiger partial charge in [0.15, 0.2) is 0 Å². The minimum atomic E-state index is -0.824. The standard InChI is InChI=1S/C20H30O2/c1-13(11-18(21)22)5-7-16-14(2)6-8-17-19(16,3)10-9-15-12-20(15,17)4/h11,15-17H,2,5-10,12H2,1,3-4H3,(H,21,22)/t15-,16+,17-,19-,20+/m1/s1. The second-order valence-electron chi connectivity index (χ2n) is 8.62. The molecular weight excluding hydrogens is 272 g/mol. The fraction of sp³-hybridized carbons (Fsp3) is 0.750. The summed E-state index contributed by atoms with van der Waals surface area (Å²) in [5.74, 6) is 1.57. The van der Waals surface area contributed by atoms with Gasteiger partial charge >= 0.3 is 5.97 Å². The predicted molar refractivity (Wildman–Crippen MR) is 89.5 cm³/mol. The maximum Gasteiger partial charge on any atom is 0.328 e. The van der Waals surface area contributed by atoms with Crippen LogP contribution in [0.25, 0.3) is 0 Å². The van der Waals surface area contributed by atoms with E-state index in [-0.39, 0.29) is 0 Å². The van der Waals surface area contributed by atoms with Gasteiger partial charge in [0.05, 0.1) is 0 Å². The SMILES string of the molecule is C=C1CC[C@H]2[C@@]3(C)C[C@H]3CC[C@]2(C)[C@H]1CCC(C)=CC(=O)O. The molecule has 2 heteroatoms. The first kappa shape index (κ1) is 15.8. The third-order valence-corrected chi connectivity index (χ3v) is 7.32. The molecule has 2 nitrogen and oxygen atoms in total. The van der Waals surface area contributed by atoms with Gasteiger partial charge in [-0.1, -0.05) is 31.6 Å². The molecule has 0 radical (unpaired) electrons. The second-order valence-corrected chi connectivity index (χ2v) is 8.62. The van der Waals surface area contributed by atoms with Crippen molar-refractivity contribution in [1.82, 2.24) is 0 Å². The Balaban J connectivity index is 1.76. The van der Waals surface area contributed by atoms with Crippen LogP contribution in [0, 0.1) is 28.6 Å². The highest BCUT2D eigenvalue weighted by Crippen LogP contribution is 2.73. The van der Waals surface area contributed by atoms with Crippen LogP contribution in [-0.4, -0.2) is 11.1 Å². The number of carboxylic acids is 1. The van der Waals surface area contributed by atoms with E-state index in [0.29, 0.717) is 16.7 Å². The molecule has 0 aromatic heterocycles. The molecule has 0 aromatic rings. The monoisotopic (exact) mass is 302 g/mol. The van der Waals surface area contributed by atoms with Gasteiger partial charge in [0, 0.05) is 6.08 Å². The fourth-order valence-electron chi connectivity index (χ4n) is 5.98. The van der Waals surface area contributed by atoms with E-state index in [9.17, 15) is 4.79 Å². The van der Waals surface area contributed by atoms with E-state index < -0.39 is 5.97 Å². The predicted octanol–water partition coefficient (Wildman–Crippen LogP) is 5.21. The number of hydrogen-bond acceptors (Lipinski definition) is 1. The number of allylic oxidation sites excluding steroid dienone is 2. The van der Waals surface area contributed by atoms with Crippen LogP contribution < -0.4 is 0 Å². The first-order chi connectivity index (χ1) is 10.3. The average Bonchev–Trinajstić information content (AvgIpc) is 3.08. The van der Waals surface area contributed by atoms with E-state index in [1.807, 2.05) is 6.92 Å². The summed E-state index contributed by atoms with van der Waals surface area (Å²) in [6, 6.07) is 0. The van der Waals surface area contributed by atoms with Gasteiger partial charge in [0.1, 0.15) is 0 Å². The lowest BCUT2D eigenvalue weighted by atomic mass is 9.50. The summed E-state index contributed by atoms with van der Waals surface area (Å²) in [7, 11) is 0. The third kappa shape index (κ3) is 2.45. The van der Waals surface area contributed by atoms with Gasteiger partial charge in [-0.15, -0.1) is 0 Å². The molecule has 0 aromatic carbocycles. The number of carboxylic acid groups (broad SMARTS) is 1. The van der Waals surface area contributed by atoms with Crippen molar-refractivity contribution in [2.75, 3.05) is 0 Å². The molecule has 0 amide bonds. The Morgan fingerprint density at radius 2 is 2.09 bits per heavy atom. The van der Waals surface area contributed by atoms with Gasteiger partial charge in [-0.3, -0.25) is 0 Å². The topological polar surface area (TPSA) is 37.3 Å². The Hall–Kier alpha value is -1.05. The Bertz CT molecular complexity index is 532. The first-order valence-electron chi connectivity index (χ1n) is 8.85. The Morgan fingerprint density at radius 1 is 1.36 bits per heavy atom. The summed E-state index contributed by atoms with van der Waals surface area (Å²) >= 11 is 0. The highest BCUT2D eigenvalue weighted by Gasteiger charge is 2.64. The van der Waals surface area contributed by atoms with Gasteiger partial charge in [-0.05, 0) is 80.5 Å². The molecule has 22 heavy (non-hydrogen) atoms. The molecule has 1 N–H and O–H groups in total. The molecule has 0 saturated heterocycles. The summed E-state index contributed by atoms with van der Waals surface area (Å²) in [5, 5.41) is 8.89. The van der Waals surface area contributed by atoms with Gasteiger partial charge < -0.3 is 5.11 Å². The summed E-state index contributed by atoms with van der Waals surface area (Å²) in [4.78, 5) is 10.8. The van der Waals surface area contributed by atoms with Crippen molar-refractivity contribution in [3.8, 4) is 0 Å². The van der Waals surface area contributed by atoms with Crippen LogP contribution in [0.2, 0.25) is 0 Å². The maximum absolute atomic E-state index is 10.8. The number of aliphatic carboxylic acids is 1. The zero-order valence-electron chi connectivity index (χ0n) is 14.3. The molecule has 0 unspecified atom stereocenters. The molecule has 3 rings (SSSR count). The maximum atomic E-state index is 10.8. The van der Waals surface area contributed by atoms with Crippen LogP contribution in [0.4, 0.5) is 0 Å². The van der Waals surface area contributed by atoms with E-state index in [2.05, 4.69) is 20.4 Å². The Labute approximate surface area is 134 Å². The van der Waals surface area contributed by atoms with Crippen molar-refractivity contribution < 1.29 is 9.90 Å². The molecule has 0 spiro atoms. The van der Waals surface area contributed by atoms with Gasteiger partial charge in [-0.2, -0.15) is 0 Å². The highest BCUT2D eigenvalue weighted by molar-refractivity contribution is 5.80. The van der Waals surface area contributed by atoms with E-state index in [1.54, 1.807) is 0 Å². The van der Waals surface area contributed by atoms with Crippen LogP contribution >= 0.6 is 0 Å². The molecular formula is C20H30O2. The first-order valence-corrected chi connectivity index (χ1v) is 8.85. The van der Waals surface area contributed by atoms with Gasteiger partial charge in [0.25, 0.3) is 0 Å². The van der Waals surface area contributed by atoms with E-state index in [4.69, 9.17) is 5.11 Å². The molecule has 3 aliphatic rings. The molecule has 3 aliphatic carbocycles. The number of fused-ring (bicyclic) bond motifs is 3. The van der Waals surface area contributed by atoms with Crippen LogP contribution in [0.1, 0.15) is 65.7 Å². The van der Waals surface area contributed by atoms with E-state index >= 15 is 0 Å². The summed E-state index contributed by atoms with van der Waals surface area (Å²) in [6.45, 7) is 11.4. The lowest BCUT2D eigenvalue weighted by Crippen LogP contribution is -2.46. The Kier molecular flexibility index (Phi) is 3.78.